The fraction of sp³-hybridized carbons (Fsp3) is 0.846. The minimum atomic E-state index is -0.530. The van der Waals surface area contributed by atoms with Crippen LogP contribution in [-0.4, -0.2) is 28.1 Å². The van der Waals surface area contributed by atoms with Gasteiger partial charge in [0.2, 0.25) is 5.89 Å². The molecule has 1 saturated heterocycles. The summed E-state index contributed by atoms with van der Waals surface area (Å²) in [4.78, 5) is 6.79. The lowest BCUT2D eigenvalue weighted by Gasteiger charge is -2.22. The van der Waals surface area contributed by atoms with Crippen LogP contribution in [0.1, 0.15) is 57.7 Å². The van der Waals surface area contributed by atoms with Gasteiger partial charge in [0.15, 0.2) is 5.82 Å². The molecule has 0 radical (unpaired) electrons. The molecule has 0 saturated carbocycles. The summed E-state index contributed by atoms with van der Waals surface area (Å²) >= 11 is 0. The number of hydrogen-bond donors (Lipinski definition) is 1. The van der Waals surface area contributed by atoms with Crippen molar-refractivity contribution < 1.29 is 4.52 Å². The van der Waals surface area contributed by atoms with Gasteiger partial charge < -0.3 is 10.3 Å². The Morgan fingerprint density at radius 1 is 1.16 bits per heavy atom. The predicted octanol–water partition coefficient (Wildman–Crippen LogP) is 2.45. The lowest BCUT2D eigenvalue weighted by Crippen LogP contribution is -2.30. The molecule has 0 aromatic carbocycles. The van der Waals surface area contributed by atoms with Crippen LogP contribution >= 0.6 is 12.4 Å². The van der Waals surface area contributed by atoms with Gasteiger partial charge in [-0.2, -0.15) is 4.98 Å². The van der Waals surface area contributed by atoms with Crippen LogP contribution in [0.3, 0.4) is 0 Å². The normalized spacial score (nSPS) is 18.5. The monoisotopic (exact) mass is 288 g/mol. The average Bonchev–Trinajstić information content (AvgIpc) is 2.69. The van der Waals surface area contributed by atoms with Gasteiger partial charge in [-0.05, 0) is 39.8 Å². The van der Waals surface area contributed by atoms with E-state index in [4.69, 9.17) is 10.3 Å². The minimum Gasteiger partial charge on any atom is -0.338 e. The van der Waals surface area contributed by atoms with E-state index in [2.05, 4.69) is 15.0 Å². The van der Waals surface area contributed by atoms with Gasteiger partial charge in [0, 0.05) is 0 Å². The number of aromatic nitrogens is 2. The zero-order valence-electron chi connectivity index (χ0n) is 11.9. The largest absolute Gasteiger partial charge is 0.338 e. The Bertz CT molecular complexity index is 367. The molecule has 1 aromatic rings. The number of nitrogens with zero attached hydrogens (tertiary/aromatic N) is 3. The third kappa shape index (κ3) is 5.09. The minimum absolute atomic E-state index is 0. The second-order valence-corrected chi connectivity index (χ2v) is 5.78. The van der Waals surface area contributed by atoms with E-state index in [-0.39, 0.29) is 12.4 Å². The van der Waals surface area contributed by atoms with E-state index < -0.39 is 5.54 Å². The maximum Gasteiger partial charge on any atom is 0.240 e. The van der Waals surface area contributed by atoms with Crippen LogP contribution in [0.5, 0.6) is 0 Å². The van der Waals surface area contributed by atoms with Crippen LogP contribution < -0.4 is 5.73 Å². The molecule has 1 aliphatic rings. The fourth-order valence-corrected chi connectivity index (χ4v) is 2.24. The highest BCUT2D eigenvalue weighted by atomic mass is 35.5. The van der Waals surface area contributed by atoms with Crippen LogP contribution in [0, 0.1) is 0 Å². The van der Waals surface area contributed by atoms with Gasteiger partial charge >= 0.3 is 0 Å². The summed E-state index contributed by atoms with van der Waals surface area (Å²) in [6.07, 6.45) is 6.58. The third-order valence-electron chi connectivity index (χ3n) is 3.35. The molecule has 0 spiro atoms. The summed E-state index contributed by atoms with van der Waals surface area (Å²) in [7, 11) is 0. The molecule has 2 heterocycles. The number of halogens is 1. The van der Waals surface area contributed by atoms with Gasteiger partial charge in [0.1, 0.15) is 0 Å². The first-order valence-electron chi connectivity index (χ1n) is 6.90. The quantitative estimate of drug-likeness (QED) is 0.925. The van der Waals surface area contributed by atoms with Crippen molar-refractivity contribution in [2.24, 2.45) is 5.73 Å². The third-order valence-corrected chi connectivity index (χ3v) is 3.35. The van der Waals surface area contributed by atoms with Crippen LogP contribution in [-0.2, 0) is 12.1 Å². The molecular weight excluding hydrogens is 264 g/mol. The molecule has 0 unspecified atom stereocenters. The second kappa shape index (κ2) is 7.22. The number of likely N-dealkylation sites (tertiary alicyclic amines) is 1. The molecule has 110 valence electrons. The van der Waals surface area contributed by atoms with Crippen LogP contribution in [0.4, 0.5) is 0 Å². The van der Waals surface area contributed by atoms with Crippen molar-refractivity contribution in [3.05, 3.63) is 11.7 Å². The van der Waals surface area contributed by atoms with Crippen molar-refractivity contribution in [2.75, 3.05) is 13.1 Å². The molecule has 2 N–H and O–H groups in total. The number of nitrogens with two attached hydrogens (primary N) is 1. The molecule has 2 rings (SSSR count). The second-order valence-electron chi connectivity index (χ2n) is 5.78. The summed E-state index contributed by atoms with van der Waals surface area (Å²) in [6, 6.07) is 0. The van der Waals surface area contributed by atoms with E-state index in [1.54, 1.807) is 0 Å². The highest BCUT2D eigenvalue weighted by molar-refractivity contribution is 5.85. The van der Waals surface area contributed by atoms with Crippen LogP contribution in [0.2, 0.25) is 0 Å². The van der Waals surface area contributed by atoms with Crippen molar-refractivity contribution in [1.29, 1.82) is 0 Å². The molecule has 0 amide bonds. The summed E-state index contributed by atoms with van der Waals surface area (Å²) in [5.41, 5.74) is 5.42. The molecule has 1 aliphatic heterocycles. The van der Waals surface area contributed by atoms with E-state index >= 15 is 0 Å². The summed E-state index contributed by atoms with van der Waals surface area (Å²) in [5.74, 6) is 1.27. The highest BCUT2D eigenvalue weighted by Gasteiger charge is 2.22. The smallest absolute Gasteiger partial charge is 0.240 e. The lowest BCUT2D eigenvalue weighted by atomic mass is 10.1. The Morgan fingerprint density at radius 2 is 1.74 bits per heavy atom. The molecule has 1 fully saturated rings. The Hall–Kier alpha value is -0.650. The van der Waals surface area contributed by atoms with Crippen LogP contribution in [0.25, 0.3) is 0 Å². The van der Waals surface area contributed by atoms with Crippen molar-refractivity contribution in [2.45, 2.75) is 58.0 Å². The molecule has 19 heavy (non-hydrogen) atoms. The zero-order chi connectivity index (χ0) is 13.0. The lowest BCUT2D eigenvalue weighted by molar-refractivity contribution is 0.208. The molecule has 0 atom stereocenters. The SMILES string of the molecule is CC(C)(N)c1noc(CN2CCCCCCC2)n1.Cl. The maximum absolute atomic E-state index is 5.95. The average molecular weight is 289 g/mol. The molecule has 5 nitrogen and oxygen atoms in total. The van der Waals surface area contributed by atoms with Gasteiger partial charge in [-0.25, -0.2) is 0 Å². The Kier molecular flexibility index (Phi) is 6.23. The summed E-state index contributed by atoms with van der Waals surface area (Å²) < 4.78 is 5.28. The number of rotatable bonds is 3. The highest BCUT2D eigenvalue weighted by Crippen LogP contribution is 2.15. The summed E-state index contributed by atoms with van der Waals surface area (Å²) in [6.45, 7) is 6.78. The molecule has 1 aromatic heterocycles. The topological polar surface area (TPSA) is 68.2 Å². The first-order valence-corrected chi connectivity index (χ1v) is 6.90. The van der Waals surface area contributed by atoms with E-state index in [0.29, 0.717) is 11.7 Å². The van der Waals surface area contributed by atoms with Crippen molar-refractivity contribution in [3.8, 4) is 0 Å². The predicted molar refractivity (Wildman–Crippen MR) is 77.1 cm³/mol. The fourth-order valence-electron chi connectivity index (χ4n) is 2.24. The maximum atomic E-state index is 5.95. The summed E-state index contributed by atoms with van der Waals surface area (Å²) in [5, 5.41) is 3.96. The van der Waals surface area contributed by atoms with Crippen LogP contribution in [0.15, 0.2) is 4.52 Å². The van der Waals surface area contributed by atoms with E-state index in [1.165, 1.54) is 32.1 Å². The van der Waals surface area contributed by atoms with Gasteiger partial charge in [-0.15, -0.1) is 12.4 Å². The van der Waals surface area contributed by atoms with E-state index in [1.807, 2.05) is 13.8 Å². The van der Waals surface area contributed by atoms with Crippen molar-refractivity contribution in [3.63, 3.8) is 0 Å². The van der Waals surface area contributed by atoms with Gasteiger partial charge in [-0.3, -0.25) is 4.90 Å². The molecule has 6 heteroatoms. The number of hydrogen-bond acceptors (Lipinski definition) is 5. The van der Waals surface area contributed by atoms with Crippen molar-refractivity contribution >= 4 is 12.4 Å². The van der Waals surface area contributed by atoms with E-state index in [0.717, 1.165) is 19.6 Å². The Labute approximate surface area is 121 Å². The van der Waals surface area contributed by atoms with Crippen molar-refractivity contribution in [1.82, 2.24) is 15.0 Å². The Balaban J connectivity index is 0.00000180. The molecule has 0 bridgehead atoms. The standard InChI is InChI=1S/C13H24N4O.ClH/c1-13(2,14)12-15-11(18-16-12)10-17-8-6-4-3-5-7-9-17;/h3-10,14H2,1-2H3;1H. The van der Waals surface area contributed by atoms with E-state index in [9.17, 15) is 0 Å². The molecule has 0 aliphatic carbocycles. The first-order chi connectivity index (χ1) is 8.55. The van der Waals surface area contributed by atoms with Gasteiger partial charge in [0.25, 0.3) is 0 Å². The Morgan fingerprint density at radius 3 is 2.26 bits per heavy atom. The zero-order valence-corrected chi connectivity index (χ0v) is 12.7. The van der Waals surface area contributed by atoms with Gasteiger partial charge in [-0.1, -0.05) is 24.4 Å². The molecular formula is C13H25ClN4O. The first kappa shape index (κ1) is 16.4. The van der Waals surface area contributed by atoms with Gasteiger partial charge in [0.05, 0.1) is 12.1 Å².